The molecule has 1 aromatic heterocycles. The summed E-state index contributed by atoms with van der Waals surface area (Å²) in [6, 6.07) is 9.03. The Hall–Kier alpha value is -2.43. The van der Waals surface area contributed by atoms with Gasteiger partial charge in [-0.3, -0.25) is 4.79 Å². The quantitative estimate of drug-likeness (QED) is 0.624. The molecule has 0 aliphatic heterocycles. The summed E-state index contributed by atoms with van der Waals surface area (Å²) in [5, 5.41) is 8.47. The molecule has 1 heterocycles. The lowest BCUT2D eigenvalue weighted by Gasteiger charge is -1.91. The van der Waals surface area contributed by atoms with Crippen LogP contribution in [0.4, 0.5) is 0 Å². The van der Waals surface area contributed by atoms with E-state index in [4.69, 9.17) is 9.52 Å². The van der Waals surface area contributed by atoms with Gasteiger partial charge in [0, 0.05) is 5.56 Å². The lowest BCUT2D eigenvalue weighted by molar-refractivity contribution is -0.132. The van der Waals surface area contributed by atoms with E-state index in [-0.39, 0.29) is 0 Å². The minimum atomic E-state index is -1.58. The molecule has 1 N–H and O–H groups in total. The Morgan fingerprint density at radius 1 is 1.19 bits per heavy atom. The first-order chi connectivity index (χ1) is 7.68. The Bertz CT molecular complexity index is 530. The number of hydrogen-bond acceptors (Lipinski definition) is 4. The molecule has 16 heavy (non-hydrogen) atoms. The molecule has 0 unspecified atom stereocenters. The maximum Gasteiger partial charge on any atom is 0.382 e. The van der Waals surface area contributed by atoms with Crippen molar-refractivity contribution in [1.29, 1.82) is 0 Å². The third kappa shape index (κ3) is 1.83. The van der Waals surface area contributed by atoms with Crippen LogP contribution in [-0.4, -0.2) is 21.8 Å². The van der Waals surface area contributed by atoms with Crippen LogP contribution in [0.25, 0.3) is 11.3 Å². The predicted octanol–water partition coefficient (Wildman–Crippen LogP) is 1.61. The second-order valence-electron chi connectivity index (χ2n) is 3.04. The van der Waals surface area contributed by atoms with Gasteiger partial charge in [0.2, 0.25) is 0 Å². The van der Waals surface area contributed by atoms with E-state index in [9.17, 15) is 9.59 Å². The molecule has 2 aromatic rings. The number of benzene rings is 1. The second-order valence-corrected chi connectivity index (χ2v) is 3.04. The lowest BCUT2D eigenvalue weighted by atomic mass is 10.2. The molecule has 0 spiro atoms. The van der Waals surface area contributed by atoms with E-state index in [0.717, 1.165) is 5.56 Å². The Labute approximate surface area is 90.3 Å². The summed E-state index contributed by atoms with van der Waals surface area (Å²) in [5.41, 5.74) is 1.20. The van der Waals surface area contributed by atoms with Gasteiger partial charge in [-0.05, 0) is 0 Å². The number of rotatable bonds is 3. The Morgan fingerprint density at radius 3 is 2.50 bits per heavy atom. The molecule has 0 aliphatic rings. The first kappa shape index (κ1) is 10.1. The number of ketones is 1. The normalized spacial score (nSPS) is 10.0. The summed E-state index contributed by atoms with van der Waals surface area (Å²) in [7, 11) is 0. The smallest absolute Gasteiger partial charge is 0.382 e. The van der Waals surface area contributed by atoms with E-state index in [1.165, 1.54) is 6.26 Å². The molecular formula is C11H7NO4. The van der Waals surface area contributed by atoms with Gasteiger partial charge in [0.25, 0.3) is 5.89 Å². The van der Waals surface area contributed by atoms with Gasteiger partial charge in [-0.1, -0.05) is 30.3 Å². The molecule has 0 saturated carbocycles. The molecule has 0 bridgehead atoms. The zero-order valence-electron chi connectivity index (χ0n) is 8.08. The molecule has 5 nitrogen and oxygen atoms in total. The van der Waals surface area contributed by atoms with Crippen molar-refractivity contribution < 1.29 is 19.1 Å². The van der Waals surface area contributed by atoms with Crippen molar-refractivity contribution in [2.45, 2.75) is 0 Å². The zero-order valence-corrected chi connectivity index (χ0v) is 8.08. The number of Topliss-reactive ketones (excluding diaryl/α,β-unsaturated/α-hetero) is 1. The SMILES string of the molecule is O=C(O)C(=O)c1nc(-c2ccccc2)co1. The van der Waals surface area contributed by atoms with Crippen LogP contribution in [0.2, 0.25) is 0 Å². The number of carboxylic acid groups (broad SMARTS) is 1. The monoisotopic (exact) mass is 217 g/mol. The fourth-order valence-corrected chi connectivity index (χ4v) is 1.21. The van der Waals surface area contributed by atoms with E-state index in [1.807, 2.05) is 18.2 Å². The highest BCUT2D eigenvalue weighted by Crippen LogP contribution is 2.17. The predicted molar refractivity (Wildman–Crippen MR) is 53.9 cm³/mol. The van der Waals surface area contributed by atoms with Gasteiger partial charge < -0.3 is 9.52 Å². The van der Waals surface area contributed by atoms with Gasteiger partial charge >= 0.3 is 11.8 Å². The number of aromatic nitrogens is 1. The number of oxazole rings is 1. The molecule has 80 valence electrons. The molecule has 0 radical (unpaired) electrons. The molecular weight excluding hydrogens is 210 g/mol. The van der Waals surface area contributed by atoms with Crippen molar-refractivity contribution in [3.05, 3.63) is 42.5 Å². The fraction of sp³-hybridized carbons (Fsp3) is 0. The highest BCUT2D eigenvalue weighted by molar-refractivity contribution is 6.38. The topological polar surface area (TPSA) is 80.4 Å². The molecule has 1 aromatic carbocycles. The third-order valence-electron chi connectivity index (χ3n) is 1.96. The van der Waals surface area contributed by atoms with Crippen molar-refractivity contribution in [3.8, 4) is 11.3 Å². The lowest BCUT2D eigenvalue weighted by Crippen LogP contribution is -2.12. The van der Waals surface area contributed by atoms with Crippen molar-refractivity contribution >= 4 is 11.8 Å². The average molecular weight is 217 g/mol. The summed E-state index contributed by atoms with van der Waals surface area (Å²) < 4.78 is 4.80. The largest absolute Gasteiger partial charge is 0.475 e. The van der Waals surface area contributed by atoms with Crippen LogP contribution in [0.15, 0.2) is 41.0 Å². The average Bonchev–Trinajstić information content (AvgIpc) is 2.78. The van der Waals surface area contributed by atoms with Gasteiger partial charge in [0.05, 0.1) is 0 Å². The van der Waals surface area contributed by atoms with E-state index in [1.54, 1.807) is 12.1 Å². The minimum absolute atomic E-state index is 0.411. The molecule has 0 amide bonds. The van der Waals surface area contributed by atoms with Crippen molar-refractivity contribution in [2.75, 3.05) is 0 Å². The van der Waals surface area contributed by atoms with E-state index < -0.39 is 17.6 Å². The van der Waals surface area contributed by atoms with Gasteiger partial charge in [-0.2, -0.15) is 0 Å². The number of carboxylic acids is 1. The second kappa shape index (κ2) is 3.98. The van der Waals surface area contributed by atoms with Crippen LogP contribution < -0.4 is 0 Å². The van der Waals surface area contributed by atoms with Crippen LogP contribution in [0.3, 0.4) is 0 Å². The summed E-state index contributed by atoms with van der Waals surface area (Å²) in [4.78, 5) is 25.2. The number of carbonyl (C=O) groups excluding carboxylic acids is 1. The number of carbonyl (C=O) groups is 2. The first-order valence-corrected chi connectivity index (χ1v) is 4.47. The van der Waals surface area contributed by atoms with Crippen LogP contribution in [0.1, 0.15) is 10.7 Å². The summed E-state index contributed by atoms with van der Waals surface area (Å²) >= 11 is 0. The minimum Gasteiger partial charge on any atom is -0.475 e. The Balaban J connectivity index is 2.34. The van der Waals surface area contributed by atoms with E-state index >= 15 is 0 Å². The molecule has 0 aliphatic carbocycles. The highest BCUT2D eigenvalue weighted by atomic mass is 16.4. The first-order valence-electron chi connectivity index (χ1n) is 4.47. The zero-order chi connectivity index (χ0) is 11.5. The summed E-state index contributed by atoms with van der Waals surface area (Å²) in [6.45, 7) is 0. The van der Waals surface area contributed by atoms with Gasteiger partial charge in [-0.25, -0.2) is 9.78 Å². The summed E-state index contributed by atoms with van der Waals surface area (Å²) in [6.07, 6.45) is 1.26. The Kier molecular flexibility index (Phi) is 2.51. The highest BCUT2D eigenvalue weighted by Gasteiger charge is 2.20. The number of aliphatic carboxylic acids is 1. The van der Waals surface area contributed by atoms with Crippen LogP contribution in [-0.2, 0) is 4.79 Å². The van der Waals surface area contributed by atoms with Crippen molar-refractivity contribution in [3.63, 3.8) is 0 Å². The molecule has 0 saturated heterocycles. The third-order valence-corrected chi connectivity index (χ3v) is 1.96. The molecule has 2 rings (SSSR count). The van der Waals surface area contributed by atoms with Gasteiger partial charge in [0.1, 0.15) is 12.0 Å². The molecule has 0 atom stereocenters. The maximum absolute atomic E-state index is 11.0. The van der Waals surface area contributed by atoms with Crippen LogP contribution in [0.5, 0.6) is 0 Å². The van der Waals surface area contributed by atoms with Crippen molar-refractivity contribution in [1.82, 2.24) is 4.98 Å². The van der Waals surface area contributed by atoms with Gasteiger partial charge in [0.15, 0.2) is 0 Å². The van der Waals surface area contributed by atoms with Crippen LogP contribution in [0, 0.1) is 0 Å². The number of hydrogen-bond donors (Lipinski definition) is 1. The fourth-order valence-electron chi connectivity index (χ4n) is 1.21. The van der Waals surface area contributed by atoms with E-state index in [2.05, 4.69) is 4.98 Å². The molecule has 0 fully saturated rings. The molecule has 5 heteroatoms. The standard InChI is InChI=1S/C11H7NO4/c13-9(11(14)15)10-12-8(6-16-10)7-4-2-1-3-5-7/h1-6H,(H,14,15). The Morgan fingerprint density at radius 2 is 1.88 bits per heavy atom. The number of nitrogens with zero attached hydrogens (tertiary/aromatic N) is 1. The van der Waals surface area contributed by atoms with Gasteiger partial charge in [-0.15, -0.1) is 0 Å². The summed E-state index contributed by atoms with van der Waals surface area (Å²) in [5.74, 6) is -3.14. The van der Waals surface area contributed by atoms with Crippen molar-refractivity contribution in [2.24, 2.45) is 0 Å². The maximum atomic E-state index is 11.0. The van der Waals surface area contributed by atoms with E-state index in [0.29, 0.717) is 5.69 Å². The van der Waals surface area contributed by atoms with Crippen LogP contribution >= 0.6 is 0 Å².